The Balaban J connectivity index is 1.40. The predicted octanol–water partition coefficient (Wildman–Crippen LogP) is 3.60. The third-order valence-electron chi connectivity index (χ3n) is 5.60. The van der Waals surface area contributed by atoms with Gasteiger partial charge in [0.15, 0.2) is 0 Å². The molecular formula is C22H23F2N3O2. The molecular weight excluding hydrogens is 376 g/mol. The molecule has 0 atom stereocenters. The summed E-state index contributed by atoms with van der Waals surface area (Å²) in [7, 11) is 1.58. The van der Waals surface area contributed by atoms with Crippen LogP contribution in [0.1, 0.15) is 18.4 Å². The van der Waals surface area contributed by atoms with Crippen LogP contribution in [-0.2, 0) is 13.1 Å². The number of rotatable bonds is 5. The highest BCUT2D eigenvalue weighted by molar-refractivity contribution is 5.78. The van der Waals surface area contributed by atoms with Crippen LogP contribution in [0.3, 0.4) is 0 Å². The summed E-state index contributed by atoms with van der Waals surface area (Å²) in [5.41, 5.74) is 0.952. The molecule has 152 valence electrons. The molecule has 0 saturated carbocycles. The number of likely N-dealkylation sites (tertiary alicyclic amines) is 1. The number of benzene rings is 2. The SMILES string of the molecule is COc1ccc2c(=O)n(CC3CCN(Cc4cc(F)ccc4F)CC3)cnc2c1. The molecule has 0 amide bonds. The normalized spacial score (nSPS) is 15.7. The van der Waals surface area contributed by atoms with Gasteiger partial charge in [0, 0.05) is 24.7 Å². The summed E-state index contributed by atoms with van der Waals surface area (Å²) in [4.78, 5) is 19.3. The first-order valence-electron chi connectivity index (χ1n) is 9.73. The third kappa shape index (κ3) is 4.29. The number of fused-ring (bicyclic) bond motifs is 1. The third-order valence-corrected chi connectivity index (χ3v) is 5.60. The molecule has 1 fully saturated rings. The molecule has 0 unspecified atom stereocenters. The molecule has 1 aliphatic rings. The molecule has 0 aliphatic carbocycles. The smallest absolute Gasteiger partial charge is 0.261 e. The lowest BCUT2D eigenvalue weighted by Gasteiger charge is -2.32. The number of methoxy groups -OCH3 is 1. The fourth-order valence-corrected chi connectivity index (χ4v) is 3.91. The number of piperidine rings is 1. The van der Waals surface area contributed by atoms with Gasteiger partial charge in [0.25, 0.3) is 5.56 Å². The maximum Gasteiger partial charge on any atom is 0.261 e. The van der Waals surface area contributed by atoms with Gasteiger partial charge < -0.3 is 4.74 Å². The van der Waals surface area contributed by atoms with Crippen LogP contribution < -0.4 is 10.3 Å². The zero-order valence-corrected chi connectivity index (χ0v) is 16.3. The molecule has 0 N–H and O–H groups in total. The van der Waals surface area contributed by atoms with Gasteiger partial charge in [-0.1, -0.05) is 0 Å². The minimum Gasteiger partial charge on any atom is -0.497 e. The van der Waals surface area contributed by atoms with Crippen LogP contribution in [0.5, 0.6) is 5.75 Å². The van der Waals surface area contributed by atoms with Gasteiger partial charge in [-0.05, 0) is 62.2 Å². The van der Waals surface area contributed by atoms with Gasteiger partial charge in [-0.15, -0.1) is 0 Å². The van der Waals surface area contributed by atoms with Crippen molar-refractivity contribution >= 4 is 10.9 Å². The summed E-state index contributed by atoms with van der Waals surface area (Å²) >= 11 is 0. The summed E-state index contributed by atoms with van der Waals surface area (Å²) in [6.45, 7) is 2.58. The average Bonchev–Trinajstić information content (AvgIpc) is 2.74. The van der Waals surface area contributed by atoms with E-state index >= 15 is 0 Å². The molecule has 2 heterocycles. The number of hydrogen-bond acceptors (Lipinski definition) is 4. The summed E-state index contributed by atoms with van der Waals surface area (Å²) in [6.07, 6.45) is 3.38. The largest absolute Gasteiger partial charge is 0.497 e. The maximum atomic E-state index is 13.9. The monoisotopic (exact) mass is 399 g/mol. The van der Waals surface area contributed by atoms with Crippen LogP contribution in [0.4, 0.5) is 8.78 Å². The Morgan fingerprint density at radius 1 is 1.14 bits per heavy atom. The van der Waals surface area contributed by atoms with Crippen molar-refractivity contribution in [3.05, 3.63) is 70.3 Å². The van der Waals surface area contributed by atoms with E-state index in [2.05, 4.69) is 9.88 Å². The highest BCUT2D eigenvalue weighted by atomic mass is 19.1. The van der Waals surface area contributed by atoms with E-state index in [1.807, 2.05) is 0 Å². The fraction of sp³-hybridized carbons (Fsp3) is 0.364. The number of ether oxygens (including phenoxy) is 1. The van der Waals surface area contributed by atoms with E-state index in [0.29, 0.717) is 41.2 Å². The van der Waals surface area contributed by atoms with Crippen molar-refractivity contribution in [1.82, 2.24) is 14.5 Å². The molecule has 7 heteroatoms. The number of nitrogens with zero attached hydrogens (tertiary/aromatic N) is 3. The second-order valence-electron chi connectivity index (χ2n) is 7.54. The van der Waals surface area contributed by atoms with Crippen molar-refractivity contribution in [1.29, 1.82) is 0 Å². The first-order valence-corrected chi connectivity index (χ1v) is 9.73. The summed E-state index contributed by atoms with van der Waals surface area (Å²) in [5.74, 6) is 0.221. The van der Waals surface area contributed by atoms with Crippen LogP contribution in [0.2, 0.25) is 0 Å². The summed E-state index contributed by atoms with van der Waals surface area (Å²) in [6, 6.07) is 8.83. The van der Waals surface area contributed by atoms with Crippen molar-refractivity contribution in [2.45, 2.75) is 25.9 Å². The quantitative estimate of drug-likeness (QED) is 0.658. The zero-order valence-electron chi connectivity index (χ0n) is 16.3. The van der Waals surface area contributed by atoms with E-state index in [9.17, 15) is 13.6 Å². The van der Waals surface area contributed by atoms with Crippen LogP contribution in [0.25, 0.3) is 10.9 Å². The minimum absolute atomic E-state index is 0.0538. The van der Waals surface area contributed by atoms with Crippen molar-refractivity contribution in [2.75, 3.05) is 20.2 Å². The first-order chi connectivity index (χ1) is 14.0. The highest BCUT2D eigenvalue weighted by Gasteiger charge is 2.21. The van der Waals surface area contributed by atoms with E-state index in [0.717, 1.165) is 32.0 Å². The Kier molecular flexibility index (Phi) is 5.58. The highest BCUT2D eigenvalue weighted by Crippen LogP contribution is 2.22. The van der Waals surface area contributed by atoms with E-state index in [-0.39, 0.29) is 11.4 Å². The van der Waals surface area contributed by atoms with Crippen molar-refractivity contribution < 1.29 is 13.5 Å². The van der Waals surface area contributed by atoms with Crippen molar-refractivity contribution in [3.8, 4) is 5.75 Å². The maximum absolute atomic E-state index is 13.9. The molecule has 0 bridgehead atoms. The Morgan fingerprint density at radius 2 is 1.93 bits per heavy atom. The van der Waals surface area contributed by atoms with Gasteiger partial charge >= 0.3 is 0 Å². The van der Waals surface area contributed by atoms with E-state index < -0.39 is 5.82 Å². The fourth-order valence-electron chi connectivity index (χ4n) is 3.91. The topological polar surface area (TPSA) is 47.4 Å². The standard InChI is InChI=1S/C22H23F2N3O2/c1-29-18-3-4-19-21(11-18)25-14-27(22(19)28)12-15-6-8-26(9-7-15)13-16-10-17(23)2-5-20(16)24/h2-5,10-11,14-15H,6-9,12-13H2,1H3. The molecule has 29 heavy (non-hydrogen) atoms. The number of aromatic nitrogens is 2. The van der Waals surface area contributed by atoms with Crippen LogP contribution in [-0.4, -0.2) is 34.7 Å². The van der Waals surface area contributed by atoms with E-state index in [1.54, 1.807) is 36.2 Å². The average molecular weight is 399 g/mol. The van der Waals surface area contributed by atoms with Crippen LogP contribution in [0.15, 0.2) is 47.5 Å². The molecule has 1 saturated heterocycles. The number of halogens is 2. The van der Waals surface area contributed by atoms with Crippen LogP contribution in [0, 0.1) is 17.6 Å². The molecule has 1 aliphatic heterocycles. The van der Waals surface area contributed by atoms with Gasteiger partial charge in [-0.3, -0.25) is 14.3 Å². The van der Waals surface area contributed by atoms with Crippen molar-refractivity contribution in [2.24, 2.45) is 5.92 Å². The number of hydrogen-bond donors (Lipinski definition) is 0. The Morgan fingerprint density at radius 3 is 2.69 bits per heavy atom. The van der Waals surface area contributed by atoms with Gasteiger partial charge in [0.1, 0.15) is 17.4 Å². The first kappa shape index (κ1) is 19.5. The lowest BCUT2D eigenvalue weighted by Crippen LogP contribution is -2.36. The lowest BCUT2D eigenvalue weighted by molar-refractivity contribution is 0.164. The molecule has 5 nitrogen and oxygen atoms in total. The van der Waals surface area contributed by atoms with Crippen LogP contribution >= 0.6 is 0 Å². The molecule has 2 aromatic carbocycles. The summed E-state index contributed by atoms with van der Waals surface area (Å²) in [5, 5.41) is 0.576. The molecule has 3 aromatic rings. The Labute approximate surface area is 167 Å². The van der Waals surface area contributed by atoms with Gasteiger partial charge in [0.2, 0.25) is 0 Å². The van der Waals surface area contributed by atoms with Crippen molar-refractivity contribution in [3.63, 3.8) is 0 Å². The molecule has 1 aromatic heterocycles. The molecule has 0 spiro atoms. The lowest BCUT2D eigenvalue weighted by atomic mass is 9.96. The van der Waals surface area contributed by atoms with Gasteiger partial charge in [0.05, 0.1) is 24.3 Å². The second-order valence-corrected chi connectivity index (χ2v) is 7.54. The zero-order chi connectivity index (χ0) is 20.4. The molecule has 4 rings (SSSR count). The predicted molar refractivity (Wildman–Crippen MR) is 107 cm³/mol. The summed E-state index contributed by atoms with van der Waals surface area (Å²) < 4.78 is 34.1. The second kappa shape index (κ2) is 8.29. The van der Waals surface area contributed by atoms with Gasteiger partial charge in [-0.25, -0.2) is 13.8 Å². The van der Waals surface area contributed by atoms with Gasteiger partial charge in [-0.2, -0.15) is 0 Å². The van der Waals surface area contributed by atoms with E-state index in [4.69, 9.17) is 4.74 Å². The molecule has 0 radical (unpaired) electrons. The Hall–Kier alpha value is -2.80. The minimum atomic E-state index is -0.419. The van der Waals surface area contributed by atoms with E-state index in [1.165, 1.54) is 12.1 Å². The Bertz CT molecular complexity index is 1080.